The average Bonchev–Trinajstić information content (AvgIpc) is 2.79. The van der Waals surface area contributed by atoms with Crippen LogP contribution in [0.1, 0.15) is 32.3 Å². The van der Waals surface area contributed by atoms with Gasteiger partial charge in [0.05, 0.1) is 16.9 Å². The molecule has 0 atom stereocenters. The third kappa shape index (κ3) is 4.41. The zero-order valence-electron chi connectivity index (χ0n) is 17.7. The second-order valence-corrected chi connectivity index (χ2v) is 10.6. The van der Waals surface area contributed by atoms with E-state index in [0.717, 1.165) is 27.6 Å². The molecule has 0 spiro atoms. The zero-order chi connectivity index (χ0) is 22.0. The molecular formula is C24H25N3O3S. The van der Waals surface area contributed by atoms with Crippen LogP contribution in [0.15, 0.2) is 54.9 Å². The van der Waals surface area contributed by atoms with Crippen LogP contribution < -0.4 is 4.74 Å². The molecule has 4 rings (SSSR count). The standard InChI is InChI=1S/C24H25N3O3S/c1-17(2)31(28,29)27-10-7-22(8-11-27)30-24-14-21(13-20-6-9-26-16-23(20)24)19-5-3-4-18(12-19)15-25/h3-6,9,12-14,16-17,22H,7-8,10-11H2,1-2H3. The normalized spacial score (nSPS) is 15.8. The summed E-state index contributed by atoms with van der Waals surface area (Å²) in [6, 6.07) is 15.7. The molecule has 160 valence electrons. The second kappa shape index (κ2) is 8.66. The molecule has 0 aliphatic carbocycles. The lowest BCUT2D eigenvalue weighted by Gasteiger charge is -2.32. The molecule has 7 heteroatoms. The first-order valence-corrected chi connectivity index (χ1v) is 11.9. The Balaban J connectivity index is 1.61. The number of nitriles is 1. The number of fused-ring (bicyclic) bond motifs is 1. The number of hydrogen-bond acceptors (Lipinski definition) is 5. The molecule has 1 aliphatic heterocycles. The fourth-order valence-corrected chi connectivity index (χ4v) is 5.20. The van der Waals surface area contributed by atoms with Gasteiger partial charge >= 0.3 is 0 Å². The molecule has 0 radical (unpaired) electrons. The van der Waals surface area contributed by atoms with Crippen molar-refractivity contribution in [1.29, 1.82) is 5.26 Å². The summed E-state index contributed by atoms with van der Waals surface area (Å²) in [6.07, 6.45) is 4.75. The van der Waals surface area contributed by atoms with E-state index in [0.29, 0.717) is 31.5 Å². The number of rotatable bonds is 5. The highest BCUT2D eigenvalue weighted by atomic mass is 32.2. The van der Waals surface area contributed by atoms with Gasteiger partial charge in [-0.2, -0.15) is 5.26 Å². The maximum Gasteiger partial charge on any atom is 0.216 e. The van der Waals surface area contributed by atoms with Crippen LogP contribution in [0.3, 0.4) is 0 Å². The molecule has 3 aromatic rings. The summed E-state index contributed by atoms with van der Waals surface area (Å²) in [7, 11) is -3.24. The van der Waals surface area contributed by atoms with Crippen LogP contribution in [-0.2, 0) is 10.0 Å². The fourth-order valence-electron chi connectivity index (χ4n) is 3.88. The number of ether oxygens (including phenoxy) is 1. The lowest BCUT2D eigenvalue weighted by Crippen LogP contribution is -2.44. The minimum Gasteiger partial charge on any atom is -0.490 e. The molecule has 31 heavy (non-hydrogen) atoms. The van der Waals surface area contributed by atoms with Gasteiger partial charge in [0.1, 0.15) is 11.9 Å². The highest BCUT2D eigenvalue weighted by Crippen LogP contribution is 2.34. The summed E-state index contributed by atoms with van der Waals surface area (Å²) >= 11 is 0. The highest BCUT2D eigenvalue weighted by Gasteiger charge is 2.31. The molecule has 2 aromatic carbocycles. The summed E-state index contributed by atoms with van der Waals surface area (Å²) in [5.74, 6) is 0.730. The van der Waals surface area contributed by atoms with E-state index in [1.165, 1.54) is 0 Å². The van der Waals surface area contributed by atoms with Gasteiger partial charge in [-0.1, -0.05) is 12.1 Å². The van der Waals surface area contributed by atoms with Gasteiger partial charge < -0.3 is 4.74 Å². The van der Waals surface area contributed by atoms with Gasteiger partial charge in [-0.15, -0.1) is 0 Å². The number of pyridine rings is 1. The highest BCUT2D eigenvalue weighted by molar-refractivity contribution is 7.89. The fraction of sp³-hybridized carbons (Fsp3) is 0.333. The first-order valence-electron chi connectivity index (χ1n) is 10.4. The topological polar surface area (TPSA) is 83.3 Å². The van der Waals surface area contributed by atoms with Gasteiger partial charge in [0, 0.05) is 30.9 Å². The maximum absolute atomic E-state index is 12.4. The summed E-state index contributed by atoms with van der Waals surface area (Å²) in [6.45, 7) is 4.35. The third-order valence-corrected chi connectivity index (χ3v) is 7.97. The Morgan fingerprint density at radius 1 is 1.13 bits per heavy atom. The van der Waals surface area contributed by atoms with Crippen LogP contribution >= 0.6 is 0 Å². The van der Waals surface area contributed by atoms with E-state index in [2.05, 4.69) is 17.1 Å². The van der Waals surface area contributed by atoms with Crippen LogP contribution in [0.5, 0.6) is 5.75 Å². The van der Waals surface area contributed by atoms with Crippen molar-refractivity contribution < 1.29 is 13.2 Å². The SMILES string of the molecule is CC(C)S(=O)(=O)N1CCC(Oc2cc(-c3cccc(C#N)c3)cc3ccncc23)CC1. The third-order valence-electron chi connectivity index (χ3n) is 5.69. The summed E-state index contributed by atoms with van der Waals surface area (Å²) < 4.78 is 32.8. The molecule has 0 saturated carbocycles. The molecule has 1 saturated heterocycles. The smallest absolute Gasteiger partial charge is 0.216 e. The molecule has 0 bridgehead atoms. The molecule has 6 nitrogen and oxygen atoms in total. The molecule has 0 amide bonds. The average molecular weight is 436 g/mol. The van der Waals surface area contributed by atoms with E-state index in [9.17, 15) is 13.7 Å². The Bertz CT molecular complexity index is 1240. The van der Waals surface area contributed by atoms with Crippen molar-refractivity contribution >= 4 is 20.8 Å². The van der Waals surface area contributed by atoms with Crippen molar-refractivity contribution in [3.05, 3.63) is 60.4 Å². The largest absolute Gasteiger partial charge is 0.490 e. The Hall–Kier alpha value is -2.95. The van der Waals surface area contributed by atoms with Crippen LogP contribution in [0.4, 0.5) is 0 Å². The zero-order valence-corrected chi connectivity index (χ0v) is 18.5. The maximum atomic E-state index is 12.4. The van der Waals surface area contributed by atoms with Gasteiger partial charge in [0.2, 0.25) is 10.0 Å². The summed E-state index contributed by atoms with van der Waals surface area (Å²) in [5, 5.41) is 10.7. The van der Waals surface area contributed by atoms with E-state index in [4.69, 9.17) is 4.74 Å². The van der Waals surface area contributed by atoms with Gasteiger partial charge in [-0.3, -0.25) is 4.98 Å². The van der Waals surface area contributed by atoms with Crippen molar-refractivity contribution in [1.82, 2.24) is 9.29 Å². The molecular weight excluding hydrogens is 410 g/mol. The minimum atomic E-state index is -3.24. The Kier molecular flexibility index (Phi) is 5.94. The Labute approximate surface area is 183 Å². The number of sulfonamides is 1. The number of piperidine rings is 1. The van der Waals surface area contributed by atoms with E-state index in [1.807, 2.05) is 30.3 Å². The monoisotopic (exact) mass is 435 g/mol. The predicted octanol–water partition coefficient (Wildman–Crippen LogP) is 4.35. The quantitative estimate of drug-likeness (QED) is 0.595. The molecule has 0 unspecified atom stereocenters. The molecule has 2 heterocycles. The van der Waals surface area contributed by atoms with E-state index >= 15 is 0 Å². The number of benzene rings is 2. The first kappa shape index (κ1) is 21.3. The van der Waals surface area contributed by atoms with Gasteiger partial charge in [-0.25, -0.2) is 12.7 Å². The number of hydrogen-bond donors (Lipinski definition) is 0. The minimum absolute atomic E-state index is 0.0669. The molecule has 1 aromatic heterocycles. The van der Waals surface area contributed by atoms with Crippen LogP contribution in [0, 0.1) is 11.3 Å². The molecule has 1 aliphatic rings. The predicted molar refractivity (Wildman–Crippen MR) is 121 cm³/mol. The molecule has 0 N–H and O–H groups in total. The number of nitrogens with zero attached hydrogens (tertiary/aromatic N) is 3. The van der Waals surface area contributed by atoms with Gasteiger partial charge in [-0.05, 0) is 73.5 Å². The van der Waals surface area contributed by atoms with Crippen LogP contribution in [0.2, 0.25) is 0 Å². The molecule has 1 fully saturated rings. The number of aromatic nitrogens is 1. The van der Waals surface area contributed by atoms with Crippen LogP contribution in [-0.4, -0.2) is 42.2 Å². The second-order valence-electron chi connectivity index (χ2n) is 8.07. The summed E-state index contributed by atoms with van der Waals surface area (Å²) in [4.78, 5) is 4.25. The van der Waals surface area contributed by atoms with Gasteiger partial charge in [0.25, 0.3) is 0 Å². The lowest BCUT2D eigenvalue weighted by molar-refractivity contribution is 0.136. The first-order chi connectivity index (χ1) is 14.9. The van der Waals surface area contributed by atoms with E-state index < -0.39 is 15.3 Å². The van der Waals surface area contributed by atoms with Crippen molar-refractivity contribution in [3.63, 3.8) is 0 Å². The Morgan fingerprint density at radius 2 is 1.90 bits per heavy atom. The van der Waals surface area contributed by atoms with Crippen molar-refractivity contribution in [2.24, 2.45) is 0 Å². The lowest BCUT2D eigenvalue weighted by atomic mass is 10.00. The van der Waals surface area contributed by atoms with Crippen molar-refractivity contribution in [2.75, 3.05) is 13.1 Å². The van der Waals surface area contributed by atoms with Crippen LogP contribution in [0.25, 0.3) is 21.9 Å². The van der Waals surface area contributed by atoms with E-state index in [1.54, 1.807) is 36.6 Å². The van der Waals surface area contributed by atoms with Crippen molar-refractivity contribution in [2.45, 2.75) is 38.0 Å². The Morgan fingerprint density at radius 3 is 2.61 bits per heavy atom. The summed E-state index contributed by atoms with van der Waals surface area (Å²) in [5.41, 5.74) is 2.51. The van der Waals surface area contributed by atoms with Crippen molar-refractivity contribution in [3.8, 4) is 22.9 Å². The van der Waals surface area contributed by atoms with E-state index in [-0.39, 0.29) is 6.10 Å². The van der Waals surface area contributed by atoms with Gasteiger partial charge in [0.15, 0.2) is 0 Å².